The van der Waals surface area contributed by atoms with Crippen LogP contribution >= 0.6 is 63.7 Å². The maximum atomic E-state index is 11.5. The third kappa shape index (κ3) is 3.17. The zero-order valence-electron chi connectivity index (χ0n) is 15.9. The summed E-state index contributed by atoms with van der Waals surface area (Å²) < 4.78 is 0. The molecule has 6 aliphatic rings. The van der Waals surface area contributed by atoms with Crippen LogP contribution in [0.3, 0.4) is 0 Å². The number of hydrogen-bond donors (Lipinski definition) is 2. The minimum absolute atomic E-state index is 0.0589. The van der Waals surface area contributed by atoms with Crippen molar-refractivity contribution in [2.45, 2.75) is 32.2 Å². The van der Waals surface area contributed by atoms with E-state index in [-0.39, 0.29) is 47.3 Å². The smallest absolute Gasteiger partial charge is 0.230 e. The van der Waals surface area contributed by atoms with Gasteiger partial charge in [0.25, 0.3) is 0 Å². The third-order valence-corrected chi connectivity index (χ3v) is 14.1. The first-order valence-corrected chi connectivity index (χ1v) is 13.6. The Bertz CT molecular complexity index is 686. The van der Waals surface area contributed by atoms with E-state index < -0.39 is 0 Å². The Labute approximate surface area is 208 Å². The molecule has 4 saturated carbocycles. The Morgan fingerprint density at radius 2 is 0.733 bits per heavy atom. The summed E-state index contributed by atoms with van der Waals surface area (Å²) in [4.78, 5) is 47.5. The van der Waals surface area contributed by atoms with Crippen LogP contribution in [0.5, 0.6) is 0 Å². The lowest BCUT2D eigenvalue weighted by Gasteiger charge is -2.28. The zero-order chi connectivity index (χ0) is 22.1. The van der Waals surface area contributed by atoms with Gasteiger partial charge in [-0.2, -0.15) is 0 Å². The van der Waals surface area contributed by atoms with Gasteiger partial charge in [0.05, 0.1) is 23.7 Å². The van der Waals surface area contributed by atoms with Gasteiger partial charge in [0.2, 0.25) is 23.6 Å². The summed E-state index contributed by atoms with van der Waals surface area (Å²) >= 11 is 14.4. The molecule has 0 aromatic rings. The van der Waals surface area contributed by atoms with Gasteiger partial charge < -0.3 is 0 Å². The van der Waals surface area contributed by atoms with Crippen molar-refractivity contribution in [3.8, 4) is 0 Å². The predicted octanol–water partition coefficient (Wildman–Crippen LogP) is 2.91. The minimum atomic E-state index is -0.0642. The molecule has 4 amide bonds. The number of imide groups is 2. The monoisotopic (exact) mass is 670 g/mol. The van der Waals surface area contributed by atoms with E-state index in [4.69, 9.17) is 0 Å². The topological polar surface area (TPSA) is 92.3 Å². The Balaban J connectivity index is 0.000000134. The molecule has 4 bridgehead atoms. The molecular weight excluding hydrogens is 652 g/mol. The molecule has 12 atom stereocenters. The van der Waals surface area contributed by atoms with Crippen LogP contribution in [0.2, 0.25) is 0 Å². The van der Waals surface area contributed by atoms with E-state index in [0.29, 0.717) is 43.0 Å². The second kappa shape index (κ2) is 8.37. The lowest BCUT2D eigenvalue weighted by Crippen LogP contribution is -2.37. The van der Waals surface area contributed by atoms with Gasteiger partial charge in [-0.15, -0.1) is 13.2 Å². The molecule has 30 heavy (non-hydrogen) atoms. The van der Waals surface area contributed by atoms with E-state index in [2.05, 4.69) is 87.5 Å². The number of amides is 4. The number of alkyl halides is 4. The van der Waals surface area contributed by atoms with Gasteiger partial charge in [0, 0.05) is 19.3 Å². The van der Waals surface area contributed by atoms with Crippen molar-refractivity contribution >= 4 is 87.3 Å². The first kappa shape index (κ1) is 23.1. The largest absolute Gasteiger partial charge is 0.296 e. The molecule has 0 aromatic heterocycles. The van der Waals surface area contributed by atoms with Crippen LogP contribution in [0.25, 0.3) is 0 Å². The molecule has 6 rings (SSSR count). The highest BCUT2D eigenvalue weighted by atomic mass is 79.9. The van der Waals surface area contributed by atoms with Crippen LogP contribution in [-0.2, 0) is 19.2 Å². The number of nitrogens with one attached hydrogen (secondary N) is 2. The van der Waals surface area contributed by atoms with E-state index in [1.165, 1.54) is 0 Å². The molecule has 2 saturated heterocycles. The lowest BCUT2D eigenvalue weighted by atomic mass is 9.81. The van der Waals surface area contributed by atoms with Crippen LogP contribution in [0.1, 0.15) is 12.8 Å². The summed E-state index contributed by atoms with van der Waals surface area (Å²) in [7, 11) is 0. The van der Waals surface area contributed by atoms with Crippen molar-refractivity contribution < 1.29 is 19.2 Å². The van der Waals surface area contributed by atoms with E-state index >= 15 is 0 Å². The predicted molar refractivity (Wildman–Crippen MR) is 126 cm³/mol. The van der Waals surface area contributed by atoms with Gasteiger partial charge in [0.1, 0.15) is 0 Å². The molecule has 2 N–H and O–H groups in total. The molecule has 6 nitrogen and oxygen atoms in total. The van der Waals surface area contributed by atoms with Crippen LogP contribution in [0.15, 0.2) is 13.2 Å². The Morgan fingerprint density at radius 1 is 0.533 bits per heavy atom. The molecule has 2 aliphatic heterocycles. The molecule has 4 aliphatic carbocycles. The van der Waals surface area contributed by atoms with Crippen molar-refractivity contribution in [2.75, 3.05) is 0 Å². The lowest BCUT2D eigenvalue weighted by molar-refractivity contribution is -0.128. The molecule has 6 fully saturated rings. The summed E-state index contributed by atoms with van der Waals surface area (Å²) in [5.74, 6) is 0.844. The average molecular weight is 674 g/mol. The molecular formula is C20H22Br4N2O4. The van der Waals surface area contributed by atoms with Gasteiger partial charge in [0.15, 0.2) is 0 Å². The van der Waals surface area contributed by atoms with Crippen LogP contribution in [0.4, 0.5) is 0 Å². The van der Waals surface area contributed by atoms with Gasteiger partial charge in [-0.1, -0.05) is 63.7 Å². The second-order valence-corrected chi connectivity index (χ2v) is 12.9. The molecule has 12 unspecified atom stereocenters. The highest BCUT2D eigenvalue weighted by Gasteiger charge is 2.65. The molecule has 164 valence electrons. The second-order valence-electron chi connectivity index (χ2n) is 8.71. The Hall–Kier alpha value is -0.0600. The molecule has 0 aromatic carbocycles. The molecule has 2 heterocycles. The van der Waals surface area contributed by atoms with Crippen molar-refractivity contribution in [1.82, 2.24) is 10.6 Å². The van der Waals surface area contributed by atoms with Crippen molar-refractivity contribution in [2.24, 2.45) is 47.3 Å². The fourth-order valence-electron chi connectivity index (χ4n) is 6.54. The quantitative estimate of drug-likeness (QED) is 0.235. The van der Waals surface area contributed by atoms with E-state index in [1.807, 2.05) is 0 Å². The number of carbonyl (C=O) groups excluding carboxylic acids is 4. The summed E-state index contributed by atoms with van der Waals surface area (Å²) in [5.41, 5.74) is 0. The van der Waals surface area contributed by atoms with Crippen molar-refractivity contribution in [1.29, 1.82) is 0 Å². The Kier molecular flexibility index (Phi) is 6.45. The number of halogens is 4. The Morgan fingerprint density at radius 3 is 0.933 bits per heavy atom. The number of rotatable bonds is 0. The van der Waals surface area contributed by atoms with Gasteiger partial charge in [-0.3, -0.25) is 29.8 Å². The third-order valence-electron chi connectivity index (χ3n) is 7.66. The molecule has 0 spiro atoms. The van der Waals surface area contributed by atoms with E-state index in [0.717, 1.165) is 12.8 Å². The standard InChI is InChI=1S/2C9H9Br2NO2.C2H4/c2*10-6-2-1-3(7(6)11)5-4(2)8(13)12-9(5)14;1-2/h2*2-7H,1H2,(H,12,13,14);1-2H2. The SMILES string of the molecule is C=C.O=C1NC(=O)C2C3CC(C(Br)C3Br)C12.O=C1NC(=O)C2C3CC(C(Br)C3Br)C12. The first-order valence-electron chi connectivity index (χ1n) is 9.98. The maximum absolute atomic E-state index is 11.5. The fraction of sp³-hybridized carbons (Fsp3) is 0.700. The summed E-state index contributed by atoms with van der Waals surface area (Å²) in [6, 6.07) is 0. The van der Waals surface area contributed by atoms with Gasteiger partial charge in [-0.25, -0.2) is 0 Å². The normalized spacial score (nSPS) is 51.5. The molecule has 10 heteroatoms. The molecule has 0 radical (unpaired) electrons. The van der Waals surface area contributed by atoms with Crippen LogP contribution in [0, 0.1) is 47.3 Å². The van der Waals surface area contributed by atoms with Crippen LogP contribution < -0.4 is 10.6 Å². The first-order chi connectivity index (χ1) is 14.2. The van der Waals surface area contributed by atoms with Crippen molar-refractivity contribution in [3.63, 3.8) is 0 Å². The summed E-state index contributed by atoms with van der Waals surface area (Å²) in [5, 5.41) is 4.88. The average Bonchev–Trinajstić information content (AvgIpc) is 3.51. The van der Waals surface area contributed by atoms with E-state index in [1.54, 1.807) is 0 Å². The van der Waals surface area contributed by atoms with Crippen molar-refractivity contribution in [3.05, 3.63) is 13.2 Å². The van der Waals surface area contributed by atoms with E-state index in [9.17, 15) is 19.2 Å². The van der Waals surface area contributed by atoms with Gasteiger partial charge in [-0.05, 0) is 36.5 Å². The van der Waals surface area contributed by atoms with Gasteiger partial charge >= 0.3 is 0 Å². The highest BCUT2D eigenvalue weighted by Crippen LogP contribution is 2.59. The minimum Gasteiger partial charge on any atom is -0.296 e. The highest BCUT2D eigenvalue weighted by molar-refractivity contribution is 9.12. The fourth-order valence-corrected chi connectivity index (χ4v) is 10.3. The summed E-state index contributed by atoms with van der Waals surface area (Å²) in [6.45, 7) is 6.00. The van der Waals surface area contributed by atoms with Crippen LogP contribution in [-0.4, -0.2) is 42.9 Å². The maximum Gasteiger partial charge on any atom is 0.230 e. The number of fused-ring (bicyclic) bond motifs is 10. The summed E-state index contributed by atoms with van der Waals surface area (Å²) in [6.07, 6.45) is 2.00. The number of carbonyl (C=O) groups is 4. The number of hydrogen-bond acceptors (Lipinski definition) is 4. The zero-order valence-corrected chi connectivity index (χ0v) is 22.2.